The van der Waals surface area contributed by atoms with E-state index in [1.54, 1.807) is 0 Å². The summed E-state index contributed by atoms with van der Waals surface area (Å²) in [7, 11) is -2.58. The van der Waals surface area contributed by atoms with Crippen LogP contribution in [0, 0.1) is 0 Å². The van der Waals surface area contributed by atoms with Crippen LogP contribution in [0.3, 0.4) is 0 Å². The van der Waals surface area contributed by atoms with Gasteiger partial charge in [0.05, 0.1) is 0 Å². The van der Waals surface area contributed by atoms with Crippen LogP contribution in [0.1, 0.15) is 0 Å². The fourth-order valence-corrected chi connectivity index (χ4v) is 7.28. The maximum atomic E-state index is 7.43. The third-order valence-electron chi connectivity index (χ3n) is 4.57. The minimum Gasteiger partial charge on any atom is -0.457 e. The zero-order chi connectivity index (χ0) is 18.5. The molecule has 4 aromatic carbocycles. The fourth-order valence-electron chi connectivity index (χ4n) is 3.21. The van der Waals surface area contributed by atoms with Crippen molar-refractivity contribution in [1.82, 2.24) is 0 Å². The van der Waals surface area contributed by atoms with Crippen molar-refractivity contribution in [2.24, 2.45) is 0 Å². The third kappa shape index (κ3) is 3.68. The van der Waals surface area contributed by atoms with Gasteiger partial charge in [-0.1, -0.05) is 91.0 Å². The van der Waals surface area contributed by atoms with Crippen LogP contribution in [-0.2, 0) is 0 Å². The van der Waals surface area contributed by atoms with Gasteiger partial charge in [-0.2, -0.15) is 0 Å². The predicted molar refractivity (Wildman–Crippen MR) is 116 cm³/mol. The molecule has 0 aliphatic carbocycles. The smallest absolute Gasteiger partial charge is 0.247 e. The fraction of sp³-hybridized carbons (Fsp3) is 0. The van der Waals surface area contributed by atoms with Crippen molar-refractivity contribution in [2.75, 3.05) is 0 Å². The summed E-state index contributed by atoms with van der Waals surface area (Å²) in [6.45, 7) is 0. The summed E-state index contributed by atoms with van der Waals surface area (Å²) in [4.78, 5) is 0. The highest BCUT2D eigenvalue weighted by molar-refractivity contribution is 7.40. The second-order valence-corrected chi connectivity index (χ2v) is 11.1. The van der Waals surface area contributed by atoms with Crippen LogP contribution in [0.5, 0.6) is 11.5 Å². The Balaban J connectivity index is 1.73. The molecule has 0 unspecified atom stereocenters. The molecular formula is C24H19ClOSi. The van der Waals surface area contributed by atoms with E-state index in [1.807, 2.05) is 54.6 Å². The van der Waals surface area contributed by atoms with E-state index in [0.29, 0.717) is 0 Å². The van der Waals surface area contributed by atoms with Gasteiger partial charge < -0.3 is 4.74 Å². The molecule has 0 aromatic heterocycles. The average Bonchev–Trinajstić information content (AvgIpc) is 2.76. The van der Waals surface area contributed by atoms with E-state index in [2.05, 4.69) is 60.7 Å². The zero-order valence-electron chi connectivity index (χ0n) is 14.8. The molecule has 0 heterocycles. The molecule has 0 aliphatic rings. The summed E-state index contributed by atoms with van der Waals surface area (Å²) in [5, 5.41) is 3.49. The summed E-state index contributed by atoms with van der Waals surface area (Å²) in [5.41, 5.74) is 0. The Labute approximate surface area is 165 Å². The van der Waals surface area contributed by atoms with Crippen molar-refractivity contribution in [2.45, 2.75) is 0 Å². The molecule has 4 aromatic rings. The number of halogens is 1. The van der Waals surface area contributed by atoms with Crippen molar-refractivity contribution in [1.29, 1.82) is 0 Å². The molecule has 0 aliphatic heterocycles. The van der Waals surface area contributed by atoms with Gasteiger partial charge in [-0.3, -0.25) is 0 Å². The number of ether oxygens (including phenoxy) is 1. The largest absolute Gasteiger partial charge is 0.457 e. The first-order valence-corrected chi connectivity index (χ1v) is 11.9. The van der Waals surface area contributed by atoms with Gasteiger partial charge in [-0.25, -0.2) is 0 Å². The molecule has 0 saturated carbocycles. The first kappa shape index (κ1) is 17.6. The highest BCUT2D eigenvalue weighted by Gasteiger charge is 2.37. The normalized spacial score (nSPS) is 11.1. The first-order valence-electron chi connectivity index (χ1n) is 8.90. The molecule has 0 spiro atoms. The van der Waals surface area contributed by atoms with Gasteiger partial charge in [-0.15, -0.1) is 11.1 Å². The van der Waals surface area contributed by atoms with Gasteiger partial charge in [-0.05, 0) is 39.8 Å². The van der Waals surface area contributed by atoms with E-state index >= 15 is 0 Å². The lowest BCUT2D eigenvalue weighted by molar-refractivity contribution is 0.483. The van der Waals surface area contributed by atoms with Gasteiger partial charge in [0, 0.05) is 0 Å². The maximum absolute atomic E-state index is 7.43. The van der Waals surface area contributed by atoms with Gasteiger partial charge in [0.25, 0.3) is 0 Å². The average molecular weight is 387 g/mol. The second-order valence-electron chi connectivity index (χ2n) is 6.33. The third-order valence-corrected chi connectivity index (χ3v) is 9.92. The molecule has 132 valence electrons. The number of hydrogen-bond donors (Lipinski definition) is 0. The van der Waals surface area contributed by atoms with Crippen LogP contribution < -0.4 is 20.3 Å². The van der Waals surface area contributed by atoms with Gasteiger partial charge in [0.15, 0.2) is 0 Å². The Morgan fingerprint density at radius 3 is 1.30 bits per heavy atom. The molecule has 1 nitrogen and oxygen atoms in total. The number of hydrogen-bond acceptors (Lipinski definition) is 1. The minimum atomic E-state index is -2.58. The summed E-state index contributed by atoms with van der Waals surface area (Å²) in [6, 6.07) is 38.7. The lowest BCUT2D eigenvalue weighted by atomic mass is 10.3. The zero-order valence-corrected chi connectivity index (χ0v) is 16.5. The van der Waals surface area contributed by atoms with E-state index < -0.39 is 7.38 Å². The van der Waals surface area contributed by atoms with Crippen molar-refractivity contribution < 1.29 is 4.74 Å². The van der Waals surface area contributed by atoms with Crippen LogP contribution >= 0.6 is 11.1 Å². The van der Waals surface area contributed by atoms with Crippen molar-refractivity contribution >= 4 is 34.0 Å². The SMILES string of the molecule is Cl[Si](c1ccccc1)(c1ccccc1)c1ccc(Oc2ccccc2)cc1. The Morgan fingerprint density at radius 2 is 0.815 bits per heavy atom. The van der Waals surface area contributed by atoms with E-state index in [4.69, 9.17) is 15.8 Å². The lowest BCUT2D eigenvalue weighted by Gasteiger charge is -2.26. The molecule has 4 rings (SSSR count). The molecule has 27 heavy (non-hydrogen) atoms. The highest BCUT2D eigenvalue weighted by atomic mass is 35.6. The Hall–Kier alpha value is -2.81. The van der Waals surface area contributed by atoms with Gasteiger partial charge in [0.2, 0.25) is 7.38 Å². The summed E-state index contributed by atoms with van der Waals surface area (Å²) >= 11 is 7.43. The molecule has 0 saturated heterocycles. The van der Waals surface area contributed by atoms with E-state index in [-0.39, 0.29) is 0 Å². The Morgan fingerprint density at radius 1 is 0.444 bits per heavy atom. The highest BCUT2D eigenvalue weighted by Crippen LogP contribution is 2.21. The molecule has 0 bridgehead atoms. The predicted octanol–water partition coefficient (Wildman–Crippen LogP) is 4.68. The molecule has 3 heteroatoms. The molecule has 0 radical (unpaired) electrons. The molecule has 0 N–H and O–H groups in total. The number of para-hydroxylation sites is 1. The molecular weight excluding hydrogens is 368 g/mol. The van der Waals surface area contributed by atoms with Crippen LogP contribution in [0.25, 0.3) is 0 Å². The minimum absolute atomic E-state index is 0.805. The quantitative estimate of drug-likeness (QED) is 0.275. The van der Waals surface area contributed by atoms with Crippen molar-refractivity contribution in [3.8, 4) is 11.5 Å². The monoisotopic (exact) mass is 386 g/mol. The van der Waals surface area contributed by atoms with Crippen LogP contribution in [0.4, 0.5) is 0 Å². The van der Waals surface area contributed by atoms with Gasteiger partial charge in [0.1, 0.15) is 11.5 Å². The van der Waals surface area contributed by atoms with Crippen molar-refractivity contribution in [3.05, 3.63) is 115 Å². The van der Waals surface area contributed by atoms with E-state index in [1.165, 1.54) is 10.4 Å². The van der Waals surface area contributed by atoms with Crippen LogP contribution in [-0.4, -0.2) is 7.38 Å². The van der Waals surface area contributed by atoms with Gasteiger partial charge >= 0.3 is 0 Å². The standard InChI is InChI=1S/C24H19ClOSi/c25-27(22-12-6-2-7-13-22,23-14-8-3-9-15-23)24-18-16-21(17-19-24)26-20-10-4-1-5-11-20/h1-19H. The van der Waals surface area contributed by atoms with Crippen LogP contribution in [0.15, 0.2) is 115 Å². The molecule has 0 amide bonds. The molecule has 0 atom stereocenters. The van der Waals surface area contributed by atoms with E-state index in [9.17, 15) is 0 Å². The first-order chi connectivity index (χ1) is 13.3. The number of rotatable bonds is 5. The Bertz CT molecular complexity index is 947. The number of benzene rings is 4. The summed E-state index contributed by atoms with van der Waals surface area (Å²) in [5.74, 6) is 1.63. The second kappa shape index (κ2) is 7.83. The lowest BCUT2D eigenvalue weighted by Crippen LogP contribution is -2.62. The Kier molecular flexibility index (Phi) is 5.10. The molecule has 0 fully saturated rings. The van der Waals surface area contributed by atoms with Crippen LogP contribution in [0.2, 0.25) is 0 Å². The maximum Gasteiger partial charge on any atom is 0.247 e. The van der Waals surface area contributed by atoms with Crippen molar-refractivity contribution in [3.63, 3.8) is 0 Å². The summed E-state index contributed by atoms with van der Waals surface area (Å²) < 4.78 is 5.93. The van der Waals surface area contributed by atoms with E-state index in [0.717, 1.165) is 16.7 Å². The summed E-state index contributed by atoms with van der Waals surface area (Å²) in [6.07, 6.45) is 0. The topological polar surface area (TPSA) is 9.23 Å².